The Morgan fingerprint density at radius 2 is 1.96 bits per heavy atom. The quantitative estimate of drug-likeness (QED) is 0.610. The summed E-state index contributed by atoms with van der Waals surface area (Å²) < 4.78 is 12.2. The number of ketones is 1. The van der Waals surface area contributed by atoms with E-state index in [1.165, 1.54) is 11.1 Å². The fourth-order valence-electron chi connectivity index (χ4n) is 4.29. The van der Waals surface area contributed by atoms with Gasteiger partial charge in [-0.25, -0.2) is 4.31 Å². The summed E-state index contributed by atoms with van der Waals surface area (Å²) in [5.41, 5.74) is 3.71. The molecule has 2 aliphatic rings. The van der Waals surface area contributed by atoms with Crippen molar-refractivity contribution >= 4 is 24.6 Å². The number of nitrogens with zero attached hydrogens (tertiary/aromatic N) is 1. The van der Waals surface area contributed by atoms with Crippen LogP contribution in [0.25, 0.3) is 0 Å². The van der Waals surface area contributed by atoms with Crippen molar-refractivity contribution in [3.05, 3.63) is 28.8 Å². The largest absolute Gasteiger partial charge is 0.496 e. The number of carbonyl (C=O) groups is 2. The van der Waals surface area contributed by atoms with Crippen LogP contribution in [0.3, 0.4) is 0 Å². The number of rotatable bonds is 6. The first kappa shape index (κ1) is 19.2. The number of aryl methyl sites for hydroxylation is 1. The maximum atomic E-state index is 12.9. The Labute approximate surface area is 160 Å². The molecule has 26 heavy (non-hydrogen) atoms. The van der Waals surface area contributed by atoms with Crippen LogP contribution in [-0.4, -0.2) is 42.4 Å². The van der Waals surface area contributed by atoms with E-state index in [1.54, 1.807) is 18.3 Å². The minimum absolute atomic E-state index is 0.154. The van der Waals surface area contributed by atoms with Crippen LogP contribution in [0.15, 0.2) is 12.1 Å². The molecule has 1 aromatic rings. The third kappa shape index (κ3) is 3.76. The average Bonchev–Trinajstić information content (AvgIpc) is 3.16. The van der Waals surface area contributed by atoms with Crippen molar-refractivity contribution in [3.63, 3.8) is 0 Å². The van der Waals surface area contributed by atoms with Gasteiger partial charge in [-0.1, -0.05) is 18.9 Å². The first-order valence-corrected chi connectivity index (χ1v) is 9.65. The van der Waals surface area contributed by atoms with Crippen LogP contribution < -0.4 is 4.74 Å². The highest BCUT2D eigenvalue weighted by molar-refractivity contribution is 7.77. The SMILES string of the molecule is CCOC(=O)[C@@H]1C(C(=O)CC2Cc3cc(C)c(OC)cc3C2)CCN1S. The molecule has 2 unspecified atom stereocenters. The van der Waals surface area contributed by atoms with Crippen LogP contribution in [0.4, 0.5) is 0 Å². The van der Waals surface area contributed by atoms with Gasteiger partial charge < -0.3 is 9.47 Å². The second-order valence-corrected chi connectivity index (χ2v) is 7.80. The van der Waals surface area contributed by atoms with Crippen LogP contribution >= 0.6 is 12.8 Å². The van der Waals surface area contributed by atoms with Gasteiger partial charge in [-0.2, -0.15) is 0 Å². The van der Waals surface area contributed by atoms with Gasteiger partial charge in [0.2, 0.25) is 0 Å². The molecule has 3 atom stereocenters. The lowest BCUT2D eigenvalue weighted by Gasteiger charge is -2.22. The van der Waals surface area contributed by atoms with Gasteiger partial charge in [0.15, 0.2) is 0 Å². The second-order valence-electron chi connectivity index (χ2n) is 7.29. The molecule has 1 saturated heterocycles. The van der Waals surface area contributed by atoms with Crippen molar-refractivity contribution in [1.82, 2.24) is 4.31 Å². The molecule has 1 aliphatic heterocycles. The molecule has 1 heterocycles. The summed E-state index contributed by atoms with van der Waals surface area (Å²) in [6, 6.07) is 3.71. The van der Waals surface area contributed by atoms with Gasteiger partial charge in [0, 0.05) is 18.9 Å². The van der Waals surface area contributed by atoms with Crippen LogP contribution in [0.1, 0.15) is 36.5 Å². The zero-order valence-corrected chi connectivity index (χ0v) is 16.6. The van der Waals surface area contributed by atoms with Gasteiger partial charge in [0.25, 0.3) is 0 Å². The number of hydrogen-bond acceptors (Lipinski definition) is 6. The Bertz CT molecular complexity index is 705. The van der Waals surface area contributed by atoms with E-state index in [4.69, 9.17) is 9.47 Å². The third-order valence-electron chi connectivity index (χ3n) is 5.54. The lowest BCUT2D eigenvalue weighted by Crippen LogP contribution is -2.39. The van der Waals surface area contributed by atoms with Crippen molar-refractivity contribution in [3.8, 4) is 5.75 Å². The molecule has 5 nitrogen and oxygen atoms in total. The van der Waals surface area contributed by atoms with Gasteiger partial charge in [-0.3, -0.25) is 9.59 Å². The average molecular weight is 378 g/mol. The van der Waals surface area contributed by atoms with Crippen LogP contribution in [0, 0.1) is 18.8 Å². The van der Waals surface area contributed by atoms with Gasteiger partial charge >= 0.3 is 5.97 Å². The zero-order chi connectivity index (χ0) is 18.8. The summed E-state index contributed by atoms with van der Waals surface area (Å²) >= 11 is 4.36. The predicted octanol–water partition coefficient (Wildman–Crippen LogP) is 2.78. The van der Waals surface area contributed by atoms with Crippen LogP contribution in [0.5, 0.6) is 5.75 Å². The van der Waals surface area contributed by atoms with Crippen molar-refractivity contribution in [2.45, 2.75) is 45.6 Å². The number of fused-ring (bicyclic) bond motifs is 1. The number of ether oxygens (including phenoxy) is 2. The lowest BCUT2D eigenvalue weighted by atomic mass is 9.88. The highest BCUT2D eigenvalue weighted by Crippen LogP contribution is 2.36. The van der Waals surface area contributed by atoms with Crippen LogP contribution in [-0.2, 0) is 27.2 Å². The number of carbonyl (C=O) groups excluding carboxylic acids is 2. The van der Waals surface area contributed by atoms with Gasteiger partial charge in [-0.05, 0) is 61.8 Å². The van der Waals surface area contributed by atoms with Crippen molar-refractivity contribution in [2.75, 3.05) is 20.3 Å². The fraction of sp³-hybridized carbons (Fsp3) is 0.600. The summed E-state index contributed by atoms with van der Waals surface area (Å²) in [4.78, 5) is 25.1. The molecule has 0 spiro atoms. The second kappa shape index (κ2) is 8.01. The number of esters is 1. The monoisotopic (exact) mass is 377 g/mol. The molecule has 0 amide bonds. The topological polar surface area (TPSA) is 55.8 Å². The first-order chi connectivity index (χ1) is 12.4. The zero-order valence-electron chi connectivity index (χ0n) is 15.7. The first-order valence-electron chi connectivity index (χ1n) is 9.25. The Morgan fingerprint density at radius 3 is 2.62 bits per heavy atom. The van der Waals surface area contributed by atoms with E-state index >= 15 is 0 Å². The van der Waals surface area contributed by atoms with E-state index in [0.717, 1.165) is 24.2 Å². The maximum absolute atomic E-state index is 12.9. The molecule has 0 N–H and O–H groups in total. The molecule has 1 fully saturated rings. The molecule has 0 aromatic heterocycles. The fourth-order valence-corrected chi connectivity index (χ4v) is 4.66. The smallest absolute Gasteiger partial charge is 0.324 e. The van der Waals surface area contributed by atoms with Crippen LogP contribution in [0.2, 0.25) is 0 Å². The molecule has 3 rings (SSSR count). The molecule has 1 aromatic carbocycles. The summed E-state index contributed by atoms with van der Waals surface area (Å²) in [5, 5.41) is 0. The van der Waals surface area contributed by atoms with Crippen molar-refractivity contribution < 1.29 is 19.1 Å². The Balaban J connectivity index is 1.66. The Hall–Kier alpha value is -1.53. The molecule has 0 bridgehead atoms. The Kier molecular flexibility index (Phi) is 5.92. The number of Topliss-reactive ketones (excluding diaryl/α,β-unsaturated/α-hetero) is 1. The highest BCUT2D eigenvalue weighted by Gasteiger charge is 2.43. The molecule has 0 saturated carbocycles. The maximum Gasteiger partial charge on any atom is 0.324 e. The number of benzene rings is 1. The van der Waals surface area contributed by atoms with Gasteiger partial charge in [0.05, 0.1) is 13.7 Å². The molecule has 142 valence electrons. The normalized spacial score (nSPS) is 25.2. The van der Waals surface area contributed by atoms with E-state index in [1.807, 2.05) is 6.92 Å². The van der Waals surface area contributed by atoms with Gasteiger partial charge in [0.1, 0.15) is 17.6 Å². The van der Waals surface area contributed by atoms with E-state index in [9.17, 15) is 9.59 Å². The summed E-state index contributed by atoms with van der Waals surface area (Å²) in [6.45, 7) is 4.77. The minimum Gasteiger partial charge on any atom is -0.496 e. The number of methoxy groups -OCH3 is 1. The predicted molar refractivity (Wildman–Crippen MR) is 102 cm³/mol. The summed E-state index contributed by atoms with van der Waals surface area (Å²) in [6.07, 6.45) is 2.96. The van der Waals surface area contributed by atoms with Crippen molar-refractivity contribution in [2.24, 2.45) is 11.8 Å². The Morgan fingerprint density at radius 1 is 1.27 bits per heavy atom. The standard InChI is InChI=1S/C20H27NO4S/c1-4-25-20(23)19-16(5-6-21(19)26)17(22)10-13-8-14-7-12(2)18(24-3)11-15(14)9-13/h7,11,13,16,19,26H,4-6,8-10H2,1-3H3/t13?,16?,19-/m0/s1. The van der Waals surface area contributed by atoms with Gasteiger partial charge in [-0.15, -0.1) is 0 Å². The van der Waals surface area contributed by atoms with E-state index in [-0.39, 0.29) is 17.7 Å². The number of hydrogen-bond donors (Lipinski definition) is 1. The lowest BCUT2D eigenvalue weighted by molar-refractivity contribution is -0.149. The minimum atomic E-state index is -0.558. The molecule has 0 radical (unpaired) electrons. The summed E-state index contributed by atoms with van der Waals surface area (Å²) in [5.74, 6) is 0.696. The van der Waals surface area contributed by atoms with E-state index < -0.39 is 6.04 Å². The molecular formula is C20H27NO4S. The molecular weight excluding hydrogens is 350 g/mol. The molecule has 1 aliphatic carbocycles. The van der Waals surface area contributed by atoms with Crippen molar-refractivity contribution in [1.29, 1.82) is 0 Å². The number of thiol groups is 1. The highest BCUT2D eigenvalue weighted by atomic mass is 32.1. The third-order valence-corrected chi connectivity index (χ3v) is 5.99. The van der Waals surface area contributed by atoms with E-state index in [0.29, 0.717) is 31.9 Å². The summed E-state index contributed by atoms with van der Waals surface area (Å²) in [7, 11) is 1.68. The van der Waals surface area contributed by atoms with E-state index in [2.05, 4.69) is 24.9 Å². The molecule has 6 heteroatoms.